The highest BCUT2D eigenvalue weighted by Crippen LogP contribution is 2.12. The van der Waals surface area contributed by atoms with Crippen LogP contribution in [0.3, 0.4) is 0 Å². The fraction of sp³-hybridized carbons (Fsp3) is 0.438. The van der Waals surface area contributed by atoms with E-state index in [0.29, 0.717) is 6.54 Å². The molecule has 0 amide bonds. The second-order valence-electron chi connectivity index (χ2n) is 4.94. The number of hydrogen-bond acceptors (Lipinski definition) is 5. The predicted octanol–water partition coefficient (Wildman–Crippen LogP) is 3.11. The van der Waals surface area contributed by atoms with Gasteiger partial charge in [-0.2, -0.15) is 4.98 Å². The summed E-state index contributed by atoms with van der Waals surface area (Å²) >= 11 is 0. The Kier molecular flexibility index (Phi) is 5.94. The monoisotopic (exact) mass is 285 g/mol. The van der Waals surface area contributed by atoms with Crippen molar-refractivity contribution in [3.63, 3.8) is 0 Å². The molecule has 2 aromatic heterocycles. The van der Waals surface area contributed by atoms with E-state index in [1.807, 2.05) is 30.6 Å². The lowest BCUT2D eigenvalue weighted by Crippen LogP contribution is -2.27. The summed E-state index contributed by atoms with van der Waals surface area (Å²) in [6, 6.07) is 5.88. The maximum absolute atomic E-state index is 4.61. The molecule has 2 heterocycles. The fourth-order valence-electron chi connectivity index (χ4n) is 2.15. The van der Waals surface area contributed by atoms with Crippen LogP contribution in [0.1, 0.15) is 32.3 Å². The Labute approximate surface area is 126 Å². The molecule has 2 aromatic rings. The van der Waals surface area contributed by atoms with Gasteiger partial charge in [-0.15, -0.1) is 0 Å². The normalized spacial score (nSPS) is 10.4. The molecule has 0 aliphatic rings. The van der Waals surface area contributed by atoms with E-state index in [9.17, 15) is 0 Å². The molecule has 0 spiro atoms. The third kappa shape index (κ3) is 4.70. The van der Waals surface area contributed by atoms with Gasteiger partial charge in [0.05, 0.1) is 0 Å². The van der Waals surface area contributed by atoms with Crippen molar-refractivity contribution in [2.75, 3.05) is 23.3 Å². The predicted molar refractivity (Wildman–Crippen MR) is 86.4 cm³/mol. The summed E-state index contributed by atoms with van der Waals surface area (Å²) in [6.07, 6.45) is 7.63. The lowest BCUT2D eigenvalue weighted by atomic mass is 10.3. The molecule has 0 bridgehead atoms. The first-order chi connectivity index (χ1) is 10.3. The molecule has 0 unspecified atom stereocenters. The minimum atomic E-state index is 0.714. The Hall–Kier alpha value is -2.17. The first kappa shape index (κ1) is 15.2. The Morgan fingerprint density at radius 3 is 2.57 bits per heavy atom. The summed E-state index contributed by atoms with van der Waals surface area (Å²) < 4.78 is 0. The van der Waals surface area contributed by atoms with E-state index in [-0.39, 0.29) is 0 Å². The van der Waals surface area contributed by atoms with Crippen molar-refractivity contribution in [1.29, 1.82) is 0 Å². The lowest BCUT2D eigenvalue weighted by molar-refractivity contribution is 0.721. The van der Waals surface area contributed by atoms with Gasteiger partial charge in [0.2, 0.25) is 5.95 Å². The lowest BCUT2D eigenvalue weighted by Gasteiger charge is -2.21. The number of pyridine rings is 1. The Bertz CT molecular complexity index is 523. The standard InChI is InChI=1S/C16H23N5/c1-3-10-21(11-4-2)16-18-9-7-15(20-16)19-13-14-6-5-8-17-12-14/h5-9,12H,3-4,10-11,13H2,1-2H3,(H,18,19,20). The van der Waals surface area contributed by atoms with E-state index < -0.39 is 0 Å². The summed E-state index contributed by atoms with van der Waals surface area (Å²) in [7, 11) is 0. The van der Waals surface area contributed by atoms with Crippen LogP contribution < -0.4 is 10.2 Å². The summed E-state index contributed by atoms with van der Waals surface area (Å²) in [4.78, 5) is 15.3. The van der Waals surface area contributed by atoms with Gasteiger partial charge in [0, 0.05) is 38.2 Å². The number of nitrogens with zero attached hydrogens (tertiary/aromatic N) is 4. The molecule has 5 heteroatoms. The van der Waals surface area contributed by atoms with Crippen molar-refractivity contribution in [3.8, 4) is 0 Å². The van der Waals surface area contributed by atoms with Crippen molar-refractivity contribution in [3.05, 3.63) is 42.4 Å². The summed E-state index contributed by atoms with van der Waals surface area (Å²) in [5.74, 6) is 1.65. The quantitative estimate of drug-likeness (QED) is 0.807. The van der Waals surface area contributed by atoms with Crippen LogP contribution in [-0.4, -0.2) is 28.0 Å². The average Bonchev–Trinajstić information content (AvgIpc) is 2.54. The van der Waals surface area contributed by atoms with Crippen LogP contribution in [0.15, 0.2) is 36.8 Å². The first-order valence-corrected chi connectivity index (χ1v) is 7.54. The molecule has 0 saturated carbocycles. The Morgan fingerprint density at radius 2 is 1.90 bits per heavy atom. The van der Waals surface area contributed by atoms with Crippen molar-refractivity contribution < 1.29 is 0 Å². The molecule has 0 radical (unpaired) electrons. The molecule has 0 aromatic carbocycles. The van der Waals surface area contributed by atoms with Gasteiger partial charge in [-0.05, 0) is 30.5 Å². The molecule has 21 heavy (non-hydrogen) atoms. The number of nitrogens with one attached hydrogen (secondary N) is 1. The van der Waals surface area contributed by atoms with Crippen LogP contribution in [0.2, 0.25) is 0 Å². The number of hydrogen-bond donors (Lipinski definition) is 1. The molecule has 0 fully saturated rings. The van der Waals surface area contributed by atoms with Crippen LogP contribution in [0.5, 0.6) is 0 Å². The molecule has 5 nitrogen and oxygen atoms in total. The fourth-order valence-corrected chi connectivity index (χ4v) is 2.15. The molecule has 0 saturated heterocycles. The highest BCUT2D eigenvalue weighted by atomic mass is 15.3. The van der Waals surface area contributed by atoms with E-state index >= 15 is 0 Å². The molecule has 0 aliphatic carbocycles. The highest BCUT2D eigenvalue weighted by molar-refractivity contribution is 5.41. The van der Waals surface area contributed by atoms with E-state index in [0.717, 1.165) is 43.3 Å². The van der Waals surface area contributed by atoms with Crippen molar-refractivity contribution in [2.45, 2.75) is 33.2 Å². The maximum atomic E-state index is 4.61. The van der Waals surface area contributed by atoms with Gasteiger partial charge in [0.25, 0.3) is 0 Å². The van der Waals surface area contributed by atoms with E-state index in [4.69, 9.17) is 0 Å². The molecule has 2 rings (SSSR count). The van der Waals surface area contributed by atoms with Crippen molar-refractivity contribution in [1.82, 2.24) is 15.0 Å². The van der Waals surface area contributed by atoms with E-state index in [1.165, 1.54) is 0 Å². The SMILES string of the molecule is CCCN(CCC)c1nccc(NCc2cccnc2)n1. The zero-order chi connectivity index (χ0) is 14.9. The van der Waals surface area contributed by atoms with Crippen molar-refractivity contribution in [2.24, 2.45) is 0 Å². The zero-order valence-electron chi connectivity index (χ0n) is 12.8. The van der Waals surface area contributed by atoms with Crippen LogP contribution >= 0.6 is 0 Å². The second-order valence-corrected chi connectivity index (χ2v) is 4.94. The summed E-state index contributed by atoms with van der Waals surface area (Å²) in [5.41, 5.74) is 1.14. The van der Waals surface area contributed by atoms with Crippen LogP contribution in [0, 0.1) is 0 Å². The van der Waals surface area contributed by atoms with E-state index in [1.54, 1.807) is 6.20 Å². The highest BCUT2D eigenvalue weighted by Gasteiger charge is 2.08. The molecular formula is C16H23N5. The minimum absolute atomic E-state index is 0.714. The Balaban J connectivity index is 2.02. The number of rotatable bonds is 8. The average molecular weight is 285 g/mol. The molecule has 112 valence electrons. The van der Waals surface area contributed by atoms with Gasteiger partial charge in [0.1, 0.15) is 5.82 Å². The van der Waals surface area contributed by atoms with Crippen molar-refractivity contribution >= 4 is 11.8 Å². The third-order valence-corrected chi connectivity index (χ3v) is 3.11. The zero-order valence-corrected chi connectivity index (χ0v) is 12.8. The molecular weight excluding hydrogens is 262 g/mol. The van der Waals surface area contributed by atoms with Gasteiger partial charge in [0.15, 0.2) is 0 Å². The van der Waals surface area contributed by atoms with Gasteiger partial charge in [-0.25, -0.2) is 4.98 Å². The third-order valence-electron chi connectivity index (χ3n) is 3.11. The minimum Gasteiger partial charge on any atom is -0.366 e. The van der Waals surface area contributed by atoms with Gasteiger partial charge < -0.3 is 10.2 Å². The largest absolute Gasteiger partial charge is 0.366 e. The summed E-state index contributed by atoms with van der Waals surface area (Å²) in [6.45, 7) is 7.03. The first-order valence-electron chi connectivity index (χ1n) is 7.54. The molecule has 1 N–H and O–H groups in total. The van der Waals surface area contributed by atoms with Crippen LogP contribution in [0.25, 0.3) is 0 Å². The van der Waals surface area contributed by atoms with Gasteiger partial charge >= 0.3 is 0 Å². The second kappa shape index (κ2) is 8.19. The Morgan fingerprint density at radius 1 is 1.10 bits per heavy atom. The van der Waals surface area contributed by atoms with Crippen LogP contribution in [-0.2, 0) is 6.54 Å². The van der Waals surface area contributed by atoms with Gasteiger partial charge in [-0.1, -0.05) is 19.9 Å². The molecule has 0 atom stereocenters. The molecule has 0 aliphatic heterocycles. The summed E-state index contributed by atoms with van der Waals surface area (Å²) in [5, 5.41) is 3.32. The topological polar surface area (TPSA) is 53.9 Å². The van der Waals surface area contributed by atoms with E-state index in [2.05, 4.69) is 39.0 Å². The maximum Gasteiger partial charge on any atom is 0.227 e. The smallest absolute Gasteiger partial charge is 0.227 e. The van der Waals surface area contributed by atoms with Gasteiger partial charge in [-0.3, -0.25) is 4.98 Å². The number of anilines is 2. The number of aromatic nitrogens is 3. The van der Waals surface area contributed by atoms with Crippen LogP contribution in [0.4, 0.5) is 11.8 Å².